The van der Waals surface area contributed by atoms with E-state index in [1.54, 1.807) is 24.3 Å². The highest BCUT2D eigenvalue weighted by Crippen LogP contribution is 2.21. The Balaban J connectivity index is 2.13. The van der Waals surface area contributed by atoms with Gasteiger partial charge in [-0.05, 0) is 23.8 Å². The van der Waals surface area contributed by atoms with Crippen molar-refractivity contribution in [2.45, 2.75) is 6.04 Å². The number of nitro groups is 1. The van der Waals surface area contributed by atoms with E-state index in [-0.39, 0.29) is 18.3 Å². The van der Waals surface area contributed by atoms with Gasteiger partial charge in [-0.2, -0.15) is 0 Å². The topological polar surface area (TPSA) is 88.3 Å². The lowest BCUT2D eigenvalue weighted by Crippen LogP contribution is -2.15. The summed E-state index contributed by atoms with van der Waals surface area (Å²) in [4.78, 5) is 14.0. The third-order valence-electron chi connectivity index (χ3n) is 2.74. The van der Waals surface area contributed by atoms with E-state index in [1.807, 2.05) is 0 Å². The molecule has 0 aliphatic heterocycles. The van der Waals surface area contributed by atoms with Crippen LogP contribution >= 0.6 is 11.6 Å². The first kappa shape index (κ1) is 14.2. The number of hydrogen-bond donors (Lipinski definition) is 2. The van der Waals surface area contributed by atoms with Crippen molar-refractivity contribution in [3.63, 3.8) is 0 Å². The number of pyridine rings is 1. The van der Waals surface area contributed by atoms with Crippen molar-refractivity contribution in [2.75, 3.05) is 11.9 Å². The Bertz CT molecular complexity index is 587. The lowest BCUT2D eigenvalue weighted by Gasteiger charge is -2.17. The van der Waals surface area contributed by atoms with E-state index < -0.39 is 4.92 Å². The highest BCUT2D eigenvalue weighted by molar-refractivity contribution is 6.30. The summed E-state index contributed by atoms with van der Waals surface area (Å²) < 4.78 is 0. The summed E-state index contributed by atoms with van der Waals surface area (Å²) in [6.45, 7) is -0.139. The molecule has 0 radical (unpaired) electrons. The van der Waals surface area contributed by atoms with Crippen molar-refractivity contribution in [1.29, 1.82) is 0 Å². The Labute approximate surface area is 120 Å². The second-order valence-corrected chi connectivity index (χ2v) is 4.53. The number of aliphatic hydroxyl groups is 1. The van der Waals surface area contributed by atoms with Crippen LogP contribution in [0.3, 0.4) is 0 Å². The van der Waals surface area contributed by atoms with Crippen LogP contribution in [0.2, 0.25) is 5.02 Å². The fraction of sp³-hybridized carbons (Fsp3) is 0.154. The Kier molecular flexibility index (Phi) is 4.49. The summed E-state index contributed by atoms with van der Waals surface area (Å²) in [6, 6.07) is 9.53. The molecule has 20 heavy (non-hydrogen) atoms. The number of benzene rings is 1. The standard InChI is InChI=1S/C13H12ClN3O3/c14-10-3-1-9(2-4-10)12(8-18)16-13-6-5-11(7-15-13)17(19)20/h1-7,12,18H,8H2,(H,15,16). The van der Waals surface area contributed by atoms with Gasteiger partial charge >= 0.3 is 0 Å². The molecule has 104 valence electrons. The van der Waals surface area contributed by atoms with Crippen LogP contribution in [0.5, 0.6) is 0 Å². The predicted molar refractivity (Wildman–Crippen MR) is 75.8 cm³/mol. The molecule has 7 heteroatoms. The fourth-order valence-corrected chi connectivity index (χ4v) is 1.81. The Morgan fingerprint density at radius 2 is 2.00 bits per heavy atom. The summed E-state index contributed by atoms with van der Waals surface area (Å²) in [7, 11) is 0. The predicted octanol–water partition coefficient (Wildman–Crippen LogP) is 2.79. The largest absolute Gasteiger partial charge is 0.394 e. The zero-order chi connectivity index (χ0) is 14.5. The van der Waals surface area contributed by atoms with Crippen molar-refractivity contribution in [1.82, 2.24) is 4.98 Å². The Hall–Kier alpha value is -2.18. The van der Waals surface area contributed by atoms with Gasteiger partial charge in [0.2, 0.25) is 0 Å². The molecule has 1 aromatic heterocycles. The monoisotopic (exact) mass is 293 g/mol. The van der Waals surface area contributed by atoms with E-state index in [0.29, 0.717) is 10.8 Å². The smallest absolute Gasteiger partial charge is 0.287 e. The molecule has 1 atom stereocenters. The Morgan fingerprint density at radius 3 is 2.50 bits per heavy atom. The second kappa shape index (κ2) is 6.31. The molecule has 0 aliphatic rings. The first-order chi connectivity index (χ1) is 9.60. The van der Waals surface area contributed by atoms with E-state index in [1.165, 1.54) is 18.3 Å². The molecule has 0 saturated heterocycles. The maximum atomic E-state index is 10.5. The van der Waals surface area contributed by atoms with E-state index in [2.05, 4.69) is 10.3 Å². The summed E-state index contributed by atoms with van der Waals surface area (Å²) >= 11 is 5.81. The minimum Gasteiger partial charge on any atom is -0.394 e. The molecule has 1 unspecified atom stereocenters. The van der Waals surface area contributed by atoms with Crippen LogP contribution in [0.25, 0.3) is 0 Å². The maximum Gasteiger partial charge on any atom is 0.287 e. The van der Waals surface area contributed by atoms with Crippen LogP contribution in [-0.4, -0.2) is 21.6 Å². The van der Waals surface area contributed by atoms with Crippen LogP contribution in [0, 0.1) is 10.1 Å². The molecule has 2 N–H and O–H groups in total. The number of aliphatic hydroxyl groups excluding tert-OH is 1. The van der Waals surface area contributed by atoms with E-state index in [4.69, 9.17) is 11.6 Å². The zero-order valence-corrected chi connectivity index (χ0v) is 11.1. The number of aromatic nitrogens is 1. The minimum atomic E-state index is -0.514. The number of rotatable bonds is 5. The van der Waals surface area contributed by atoms with Gasteiger partial charge in [0, 0.05) is 11.1 Å². The first-order valence-corrected chi connectivity index (χ1v) is 6.21. The zero-order valence-electron chi connectivity index (χ0n) is 10.4. The van der Waals surface area contributed by atoms with Gasteiger partial charge in [-0.3, -0.25) is 10.1 Å². The van der Waals surface area contributed by atoms with Crippen molar-refractivity contribution in [2.24, 2.45) is 0 Å². The average Bonchev–Trinajstić information content (AvgIpc) is 2.46. The molecule has 6 nitrogen and oxygen atoms in total. The molecule has 0 spiro atoms. The summed E-state index contributed by atoms with van der Waals surface area (Å²) in [6.07, 6.45) is 1.17. The van der Waals surface area contributed by atoms with Gasteiger partial charge in [-0.15, -0.1) is 0 Å². The molecule has 0 aliphatic carbocycles. The van der Waals surface area contributed by atoms with Gasteiger partial charge < -0.3 is 10.4 Å². The van der Waals surface area contributed by atoms with Crippen LogP contribution < -0.4 is 5.32 Å². The number of halogens is 1. The van der Waals surface area contributed by atoms with Gasteiger partial charge in [0.05, 0.1) is 17.6 Å². The van der Waals surface area contributed by atoms with Crippen LogP contribution in [0.15, 0.2) is 42.6 Å². The summed E-state index contributed by atoms with van der Waals surface area (Å²) in [5.41, 5.74) is 0.764. The highest BCUT2D eigenvalue weighted by Gasteiger charge is 2.12. The minimum absolute atomic E-state index is 0.0809. The van der Waals surface area contributed by atoms with Gasteiger partial charge in [-0.1, -0.05) is 23.7 Å². The molecule has 0 saturated carbocycles. The van der Waals surface area contributed by atoms with Crippen molar-refractivity contribution < 1.29 is 10.0 Å². The molecular formula is C13H12ClN3O3. The molecule has 0 fully saturated rings. The number of anilines is 1. The number of nitrogens with zero attached hydrogens (tertiary/aromatic N) is 2. The lowest BCUT2D eigenvalue weighted by atomic mass is 10.1. The van der Waals surface area contributed by atoms with Gasteiger partial charge in [0.1, 0.15) is 12.0 Å². The second-order valence-electron chi connectivity index (χ2n) is 4.09. The van der Waals surface area contributed by atoms with Crippen LogP contribution in [-0.2, 0) is 0 Å². The van der Waals surface area contributed by atoms with Crippen LogP contribution in [0.1, 0.15) is 11.6 Å². The molecule has 0 bridgehead atoms. The molecular weight excluding hydrogens is 282 g/mol. The number of nitrogens with one attached hydrogen (secondary N) is 1. The SMILES string of the molecule is O=[N+]([O-])c1ccc(NC(CO)c2ccc(Cl)cc2)nc1. The van der Waals surface area contributed by atoms with Crippen molar-refractivity contribution in [3.05, 3.63) is 63.3 Å². The highest BCUT2D eigenvalue weighted by atomic mass is 35.5. The third-order valence-corrected chi connectivity index (χ3v) is 2.99. The van der Waals surface area contributed by atoms with Crippen molar-refractivity contribution in [3.8, 4) is 0 Å². The van der Waals surface area contributed by atoms with E-state index in [0.717, 1.165) is 5.56 Å². The molecule has 1 heterocycles. The normalized spacial score (nSPS) is 11.9. The first-order valence-electron chi connectivity index (χ1n) is 5.83. The van der Waals surface area contributed by atoms with Crippen molar-refractivity contribution >= 4 is 23.1 Å². The van der Waals surface area contributed by atoms with E-state index in [9.17, 15) is 15.2 Å². The molecule has 2 rings (SSSR count). The average molecular weight is 294 g/mol. The summed E-state index contributed by atoms with van der Waals surface area (Å²) in [5.74, 6) is 0.449. The molecule has 0 amide bonds. The van der Waals surface area contributed by atoms with Gasteiger partial charge in [-0.25, -0.2) is 4.98 Å². The molecule has 2 aromatic rings. The van der Waals surface area contributed by atoms with Gasteiger partial charge in [0.25, 0.3) is 5.69 Å². The third kappa shape index (κ3) is 3.43. The fourth-order valence-electron chi connectivity index (χ4n) is 1.69. The summed E-state index contributed by atoms with van der Waals surface area (Å²) in [5, 5.41) is 23.6. The van der Waals surface area contributed by atoms with Gasteiger partial charge in [0.15, 0.2) is 0 Å². The Morgan fingerprint density at radius 1 is 1.30 bits per heavy atom. The maximum absolute atomic E-state index is 10.5. The van der Waals surface area contributed by atoms with Crippen LogP contribution in [0.4, 0.5) is 11.5 Å². The van der Waals surface area contributed by atoms with E-state index >= 15 is 0 Å². The number of hydrogen-bond acceptors (Lipinski definition) is 5. The lowest BCUT2D eigenvalue weighted by molar-refractivity contribution is -0.385. The molecule has 1 aromatic carbocycles. The quantitative estimate of drug-likeness (QED) is 0.653.